The van der Waals surface area contributed by atoms with E-state index in [1.807, 2.05) is 6.92 Å². The van der Waals surface area contributed by atoms with Gasteiger partial charge in [-0.2, -0.15) is 0 Å². The second kappa shape index (κ2) is 5.91. The van der Waals surface area contributed by atoms with E-state index < -0.39 is 5.97 Å². The van der Waals surface area contributed by atoms with Crippen molar-refractivity contribution in [2.75, 3.05) is 28.4 Å². The van der Waals surface area contributed by atoms with Crippen molar-refractivity contribution in [3.05, 3.63) is 29.3 Å². The minimum absolute atomic E-state index is 0.359. The van der Waals surface area contributed by atoms with Crippen LogP contribution in [0.1, 0.15) is 15.9 Å². The fourth-order valence-electron chi connectivity index (χ4n) is 2.42. The number of fused-ring (bicyclic) bond motifs is 1. The van der Waals surface area contributed by atoms with Gasteiger partial charge in [0.1, 0.15) is 22.8 Å². The van der Waals surface area contributed by atoms with Crippen molar-refractivity contribution in [3.8, 4) is 17.2 Å². The molecule has 21 heavy (non-hydrogen) atoms. The van der Waals surface area contributed by atoms with Gasteiger partial charge in [-0.3, -0.25) is 0 Å². The number of esters is 1. The van der Waals surface area contributed by atoms with Crippen molar-refractivity contribution in [1.82, 2.24) is 0 Å². The standard InChI is InChI=1S/C16H18O5/c1-9-6-12(19-3)15(16(17)21-5)11-7-10(18-2)8-13(20-4)14(9)11/h6-8H,1-5H3. The maximum atomic E-state index is 12.1. The molecule has 0 heterocycles. The highest BCUT2D eigenvalue weighted by atomic mass is 16.5. The van der Waals surface area contributed by atoms with Gasteiger partial charge in [0.15, 0.2) is 0 Å². The molecule has 0 bridgehead atoms. The quantitative estimate of drug-likeness (QED) is 0.810. The van der Waals surface area contributed by atoms with E-state index >= 15 is 0 Å². The first kappa shape index (κ1) is 15.0. The number of hydrogen-bond donors (Lipinski definition) is 0. The molecule has 0 atom stereocenters. The zero-order chi connectivity index (χ0) is 15.6. The third-order valence-corrected chi connectivity index (χ3v) is 3.40. The summed E-state index contributed by atoms with van der Waals surface area (Å²) in [5, 5.41) is 1.51. The number of carbonyl (C=O) groups is 1. The minimum atomic E-state index is -0.466. The number of methoxy groups -OCH3 is 4. The molecule has 0 N–H and O–H groups in total. The van der Waals surface area contributed by atoms with Crippen LogP contribution in [0.3, 0.4) is 0 Å². The number of benzene rings is 2. The molecule has 112 valence electrons. The Morgan fingerprint density at radius 1 is 0.905 bits per heavy atom. The zero-order valence-corrected chi connectivity index (χ0v) is 12.8. The SMILES string of the molecule is COC(=O)c1c(OC)cc(C)c2c(OC)cc(OC)cc12. The summed E-state index contributed by atoms with van der Waals surface area (Å²) in [5.74, 6) is 1.22. The lowest BCUT2D eigenvalue weighted by Crippen LogP contribution is -2.06. The van der Waals surface area contributed by atoms with E-state index in [1.54, 1.807) is 32.4 Å². The summed E-state index contributed by atoms with van der Waals surface area (Å²) in [4.78, 5) is 12.1. The summed E-state index contributed by atoms with van der Waals surface area (Å²) >= 11 is 0. The molecule has 0 unspecified atom stereocenters. The Hall–Kier alpha value is -2.43. The van der Waals surface area contributed by atoms with Gasteiger partial charge in [0, 0.05) is 16.8 Å². The monoisotopic (exact) mass is 290 g/mol. The van der Waals surface area contributed by atoms with E-state index in [1.165, 1.54) is 14.2 Å². The molecule has 2 aromatic carbocycles. The van der Waals surface area contributed by atoms with E-state index in [9.17, 15) is 4.79 Å². The molecule has 0 radical (unpaired) electrons. The molecule has 0 aliphatic heterocycles. The molecule has 0 aliphatic carbocycles. The normalized spacial score (nSPS) is 10.3. The summed E-state index contributed by atoms with van der Waals surface area (Å²) in [5.41, 5.74) is 1.30. The Balaban J connectivity index is 2.97. The number of rotatable bonds is 4. The van der Waals surface area contributed by atoms with Crippen LogP contribution >= 0.6 is 0 Å². The van der Waals surface area contributed by atoms with Crippen LogP contribution in [-0.4, -0.2) is 34.4 Å². The average molecular weight is 290 g/mol. The van der Waals surface area contributed by atoms with Crippen LogP contribution in [0.15, 0.2) is 18.2 Å². The smallest absolute Gasteiger partial charge is 0.342 e. The Bertz CT molecular complexity index is 691. The average Bonchev–Trinajstić information content (AvgIpc) is 2.52. The predicted octanol–water partition coefficient (Wildman–Crippen LogP) is 2.96. The molecule has 2 aromatic rings. The van der Waals surface area contributed by atoms with Gasteiger partial charge >= 0.3 is 5.97 Å². The third-order valence-electron chi connectivity index (χ3n) is 3.40. The van der Waals surface area contributed by atoms with Crippen molar-refractivity contribution in [3.63, 3.8) is 0 Å². The lowest BCUT2D eigenvalue weighted by atomic mass is 9.98. The van der Waals surface area contributed by atoms with E-state index in [-0.39, 0.29) is 0 Å². The molecule has 0 aliphatic rings. The van der Waals surface area contributed by atoms with Gasteiger partial charge in [-0.15, -0.1) is 0 Å². The van der Waals surface area contributed by atoms with Gasteiger partial charge in [0.25, 0.3) is 0 Å². The molecule has 0 fully saturated rings. The molecule has 0 saturated carbocycles. The molecule has 5 nitrogen and oxygen atoms in total. The molecule has 0 spiro atoms. The lowest BCUT2D eigenvalue weighted by molar-refractivity contribution is 0.0599. The number of ether oxygens (including phenoxy) is 4. The van der Waals surface area contributed by atoms with E-state index in [2.05, 4.69) is 0 Å². The van der Waals surface area contributed by atoms with Crippen LogP contribution in [0.4, 0.5) is 0 Å². The number of carbonyl (C=O) groups excluding carboxylic acids is 1. The van der Waals surface area contributed by atoms with E-state index in [0.717, 1.165) is 10.9 Å². The van der Waals surface area contributed by atoms with E-state index in [0.29, 0.717) is 28.2 Å². The summed E-state index contributed by atoms with van der Waals surface area (Å²) in [6, 6.07) is 5.35. The molecule has 0 amide bonds. The highest BCUT2D eigenvalue weighted by Crippen LogP contribution is 2.39. The van der Waals surface area contributed by atoms with Gasteiger partial charge in [0.2, 0.25) is 0 Å². The van der Waals surface area contributed by atoms with Gasteiger partial charge in [-0.25, -0.2) is 4.79 Å². The van der Waals surface area contributed by atoms with Gasteiger partial charge in [-0.1, -0.05) is 0 Å². The highest BCUT2D eigenvalue weighted by Gasteiger charge is 2.21. The van der Waals surface area contributed by atoms with Gasteiger partial charge in [-0.05, 0) is 24.6 Å². The molecular formula is C16H18O5. The Morgan fingerprint density at radius 2 is 1.57 bits per heavy atom. The van der Waals surface area contributed by atoms with Crippen LogP contribution in [0.5, 0.6) is 17.2 Å². The summed E-state index contributed by atoms with van der Waals surface area (Å²) in [7, 11) is 6.00. The maximum absolute atomic E-state index is 12.1. The van der Waals surface area contributed by atoms with Crippen molar-refractivity contribution in [2.45, 2.75) is 6.92 Å². The topological polar surface area (TPSA) is 54.0 Å². The second-order valence-corrected chi connectivity index (χ2v) is 4.51. The van der Waals surface area contributed by atoms with Crippen LogP contribution in [0.25, 0.3) is 10.8 Å². The van der Waals surface area contributed by atoms with Crippen LogP contribution in [-0.2, 0) is 4.74 Å². The molecule has 5 heteroatoms. The van der Waals surface area contributed by atoms with Crippen molar-refractivity contribution in [2.24, 2.45) is 0 Å². The number of hydrogen-bond acceptors (Lipinski definition) is 5. The lowest BCUT2D eigenvalue weighted by Gasteiger charge is -2.16. The molecular weight excluding hydrogens is 272 g/mol. The van der Waals surface area contributed by atoms with Crippen LogP contribution in [0.2, 0.25) is 0 Å². The summed E-state index contributed by atoms with van der Waals surface area (Å²) in [6.07, 6.45) is 0. The van der Waals surface area contributed by atoms with Crippen molar-refractivity contribution in [1.29, 1.82) is 0 Å². The summed E-state index contributed by atoms with van der Waals surface area (Å²) < 4.78 is 20.9. The van der Waals surface area contributed by atoms with Crippen LogP contribution < -0.4 is 14.2 Å². The van der Waals surface area contributed by atoms with Gasteiger partial charge in [0.05, 0.1) is 28.4 Å². The molecule has 2 rings (SSSR count). The first-order chi connectivity index (χ1) is 10.1. The Labute approximate surface area is 123 Å². The van der Waals surface area contributed by atoms with Gasteiger partial charge < -0.3 is 18.9 Å². The Morgan fingerprint density at radius 3 is 2.10 bits per heavy atom. The van der Waals surface area contributed by atoms with Crippen molar-refractivity contribution < 1.29 is 23.7 Å². The largest absolute Gasteiger partial charge is 0.497 e. The highest BCUT2D eigenvalue weighted by molar-refractivity contribution is 6.10. The minimum Gasteiger partial charge on any atom is -0.497 e. The van der Waals surface area contributed by atoms with Crippen molar-refractivity contribution >= 4 is 16.7 Å². The third kappa shape index (κ3) is 2.46. The van der Waals surface area contributed by atoms with E-state index in [4.69, 9.17) is 18.9 Å². The van der Waals surface area contributed by atoms with Crippen LogP contribution in [0, 0.1) is 6.92 Å². The number of aryl methyl sites for hydroxylation is 1. The molecule has 0 aromatic heterocycles. The predicted molar refractivity (Wildman–Crippen MR) is 79.7 cm³/mol. The fraction of sp³-hybridized carbons (Fsp3) is 0.312. The molecule has 0 saturated heterocycles. The fourth-order valence-corrected chi connectivity index (χ4v) is 2.42. The first-order valence-electron chi connectivity index (χ1n) is 6.39. The zero-order valence-electron chi connectivity index (χ0n) is 12.8. The first-order valence-corrected chi connectivity index (χ1v) is 6.39. The second-order valence-electron chi connectivity index (χ2n) is 4.51. The Kier molecular flexibility index (Phi) is 4.21. The maximum Gasteiger partial charge on any atom is 0.342 e. The summed E-state index contributed by atoms with van der Waals surface area (Å²) in [6.45, 7) is 1.93.